The van der Waals surface area contributed by atoms with Crippen LogP contribution in [0.2, 0.25) is 0 Å². The molecule has 0 saturated heterocycles. The standard InChI is InChI=1S/C25H14F7N3O3/c26-17-2-1-10-34-21(17)20(13-3-6-15(7-4-13)24(27,28)29)35-22(36)14-5-8-16-18(12-14)33-11-9-19(16)38-23(37)25(30,31)32/h1-12,20H,(H,35,36)/t20-/m0/s1. The van der Waals surface area contributed by atoms with Crippen LogP contribution in [0.25, 0.3) is 10.9 Å². The first kappa shape index (κ1) is 26.5. The maximum absolute atomic E-state index is 14.6. The molecule has 0 fully saturated rings. The SMILES string of the molecule is O=C(N[C@@H](c1ccc(C(F)(F)F)cc1)c1ncccc1F)c1ccc2c(OC(=O)C(F)(F)F)ccnc2c1. The molecule has 0 radical (unpaired) electrons. The highest BCUT2D eigenvalue weighted by Gasteiger charge is 2.41. The number of carbonyl (C=O) groups is 2. The highest BCUT2D eigenvalue weighted by Crippen LogP contribution is 2.32. The fraction of sp³-hybridized carbons (Fsp3) is 0.120. The van der Waals surface area contributed by atoms with Gasteiger partial charge in [0.15, 0.2) is 0 Å². The van der Waals surface area contributed by atoms with Crippen LogP contribution < -0.4 is 10.1 Å². The predicted octanol–water partition coefficient (Wildman–Crippen LogP) is 5.77. The molecule has 0 spiro atoms. The van der Waals surface area contributed by atoms with Gasteiger partial charge in [0.05, 0.1) is 17.1 Å². The van der Waals surface area contributed by atoms with Gasteiger partial charge < -0.3 is 10.1 Å². The van der Waals surface area contributed by atoms with E-state index in [2.05, 4.69) is 20.0 Å². The average molecular weight is 537 g/mol. The summed E-state index contributed by atoms with van der Waals surface area (Å²) in [5.74, 6) is -4.53. The second-order valence-electron chi connectivity index (χ2n) is 7.83. The molecule has 0 aliphatic carbocycles. The number of alkyl halides is 6. The van der Waals surface area contributed by atoms with Crippen molar-refractivity contribution in [2.45, 2.75) is 18.4 Å². The zero-order valence-corrected chi connectivity index (χ0v) is 18.8. The lowest BCUT2D eigenvalue weighted by Crippen LogP contribution is -2.30. The number of ether oxygens (including phenoxy) is 1. The lowest BCUT2D eigenvalue weighted by atomic mass is 10.00. The summed E-state index contributed by atoms with van der Waals surface area (Å²) in [6.45, 7) is 0. The van der Waals surface area contributed by atoms with Crippen LogP contribution in [0.15, 0.2) is 73.1 Å². The number of pyridine rings is 2. The van der Waals surface area contributed by atoms with Crippen LogP contribution in [0.3, 0.4) is 0 Å². The van der Waals surface area contributed by atoms with E-state index in [1.54, 1.807) is 0 Å². The minimum atomic E-state index is -5.23. The van der Waals surface area contributed by atoms with Crippen LogP contribution in [0.1, 0.15) is 33.2 Å². The number of nitrogens with one attached hydrogen (secondary N) is 1. The first-order valence-corrected chi connectivity index (χ1v) is 10.6. The van der Waals surface area contributed by atoms with E-state index in [0.717, 1.165) is 42.6 Å². The molecule has 0 bridgehead atoms. The Hall–Kier alpha value is -4.55. The Labute approximate surface area is 209 Å². The van der Waals surface area contributed by atoms with E-state index in [9.17, 15) is 40.3 Å². The molecule has 2 heterocycles. The molecule has 0 unspecified atom stereocenters. The van der Waals surface area contributed by atoms with Gasteiger partial charge in [-0.2, -0.15) is 26.3 Å². The molecule has 0 aliphatic rings. The number of benzene rings is 2. The van der Waals surface area contributed by atoms with Crippen LogP contribution in [0, 0.1) is 5.82 Å². The van der Waals surface area contributed by atoms with Crippen molar-refractivity contribution < 1.29 is 45.1 Å². The largest absolute Gasteiger partial charge is 0.491 e. The van der Waals surface area contributed by atoms with Crippen molar-refractivity contribution in [1.29, 1.82) is 0 Å². The van der Waals surface area contributed by atoms with E-state index in [1.165, 1.54) is 30.5 Å². The summed E-state index contributed by atoms with van der Waals surface area (Å²) in [5, 5.41) is 2.51. The summed E-state index contributed by atoms with van der Waals surface area (Å²) in [6, 6.07) is 9.39. The van der Waals surface area contributed by atoms with Crippen molar-refractivity contribution in [1.82, 2.24) is 15.3 Å². The zero-order valence-electron chi connectivity index (χ0n) is 18.8. The van der Waals surface area contributed by atoms with Crippen LogP contribution >= 0.6 is 0 Å². The molecule has 0 saturated carbocycles. The third-order valence-corrected chi connectivity index (χ3v) is 5.31. The number of hydrogen-bond acceptors (Lipinski definition) is 5. The Morgan fingerprint density at radius 3 is 2.21 bits per heavy atom. The molecule has 1 N–H and O–H groups in total. The van der Waals surface area contributed by atoms with E-state index >= 15 is 0 Å². The van der Waals surface area contributed by atoms with Crippen molar-refractivity contribution in [2.75, 3.05) is 0 Å². The molecule has 13 heteroatoms. The quantitative estimate of drug-likeness (QED) is 0.258. The number of aromatic nitrogens is 2. The van der Waals surface area contributed by atoms with Crippen LogP contribution in [-0.4, -0.2) is 28.0 Å². The molecule has 1 amide bonds. The van der Waals surface area contributed by atoms with Gasteiger partial charge in [0.1, 0.15) is 17.3 Å². The summed E-state index contributed by atoms with van der Waals surface area (Å²) < 4.78 is 95.7. The third kappa shape index (κ3) is 5.71. The highest BCUT2D eigenvalue weighted by molar-refractivity contribution is 5.99. The molecule has 196 valence electrons. The minimum absolute atomic E-state index is 0.000205. The second-order valence-corrected chi connectivity index (χ2v) is 7.83. The van der Waals surface area contributed by atoms with Crippen LogP contribution in [0.4, 0.5) is 30.7 Å². The number of hydrogen-bond donors (Lipinski definition) is 1. The minimum Gasteiger partial charge on any atom is -0.419 e. The first-order valence-electron chi connectivity index (χ1n) is 10.6. The highest BCUT2D eigenvalue weighted by atomic mass is 19.4. The summed E-state index contributed by atoms with van der Waals surface area (Å²) in [4.78, 5) is 32.2. The van der Waals surface area contributed by atoms with Crippen molar-refractivity contribution in [3.63, 3.8) is 0 Å². The summed E-state index contributed by atoms with van der Waals surface area (Å²) >= 11 is 0. The summed E-state index contributed by atoms with van der Waals surface area (Å²) in [6.07, 6.45) is -7.54. The first-order chi connectivity index (χ1) is 17.8. The monoisotopic (exact) mass is 537 g/mol. The molecular formula is C25H14F7N3O3. The molecule has 0 aliphatic heterocycles. The van der Waals surface area contributed by atoms with E-state index in [1.807, 2.05) is 0 Å². The van der Waals surface area contributed by atoms with Crippen molar-refractivity contribution in [2.24, 2.45) is 0 Å². The fourth-order valence-corrected chi connectivity index (χ4v) is 3.51. The Balaban J connectivity index is 1.66. The van der Waals surface area contributed by atoms with Gasteiger partial charge in [-0.25, -0.2) is 9.18 Å². The molecular weight excluding hydrogens is 523 g/mol. The molecule has 2 aromatic heterocycles. The Kier molecular flexibility index (Phi) is 7.03. The predicted molar refractivity (Wildman–Crippen MR) is 118 cm³/mol. The van der Waals surface area contributed by atoms with Gasteiger partial charge >= 0.3 is 18.3 Å². The fourth-order valence-electron chi connectivity index (χ4n) is 3.51. The zero-order chi connectivity index (χ0) is 27.7. The molecule has 4 rings (SSSR count). The summed E-state index contributed by atoms with van der Waals surface area (Å²) in [7, 11) is 0. The summed E-state index contributed by atoms with van der Waals surface area (Å²) in [5.41, 5.74) is -1.18. The van der Waals surface area contributed by atoms with Gasteiger partial charge in [0.2, 0.25) is 0 Å². The van der Waals surface area contributed by atoms with Crippen molar-refractivity contribution in [3.05, 3.63) is 101 Å². The topological polar surface area (TPSA) is 81.2 Å². The smallest absolute Gasteiger partial charge is 0.419 e. The molecule has 6 nitrogen and oxygen atoms in total. The molecule has 4 aromatic rings. The number of halogens is 7. The van der Waals surface area contributed by atoms with E-state index in [0.29, 0.717) is 0 Å². The van der Waals surface area contributed by atoms with Gasteiger partial charge in [-0.1, -0.05) is 12.1 Å². The Bertz CT molecular complexity index is 1500. The molecule has 38 heavy (non-hydrogen) atoms. The number of fused-ring (bicyclic) bond motifs is 1. The van der Waals surface area contributed by atoms with Crippen LogP contribution in [-0.2, 0) is 11.0 Å². The normalized spacial score (nSPS) is 12.7. The lowest BCUT2D eigenvalue weighted by molar-refractivity contribution is -0.189. The van der Waals surface area contributed by atoms with Gasteiger partial charge in [-0.05, 0) is 54.1 Å². The maximum Gasteiger partial charge on any atom is 0.491 e. The van der Waals surface area contributed by atoms with Gasteiger partial charge in [0.25, 0.3) is 5.91 Å². The van der Waals surface area contributed by atoms with Crippen molar-refractivity contribution in [3.8, 4) is 5.75 Å². The maximum atomic E-state index is 14.6. The van der Waals surface area contributed by atoms with E-state index in [-0.39, 0.29) is 27.7 Å². The van der Waals surface area contributed by atoms with Gasteiger partial charge in [0, 0.05) is 23.3 Å². The van der Waals surface area contributed by atoms with Crippen molar-refractivity contribution >= 4 is 22.8 Å². The van der Waals surface area contributed by atoms with Gasteiger partial charge in [-0.15, -0.1) is 0 Å². The number of carbonyl (C=O) groups excluding carboxylic acids is 2. The Morgan fingerprint density at radius 1 is 0.868 bits per heavy atom. The number of nitrogens with zero attached hydrogens (tertiary/aromatic N) is 2. The molecule has 1 atom stereocenters. The molecule has 2 aromatic carbocycles. The number of amides is 1. The van der Waals surface area contributed by atoms with Crippen LogP contribution in [0.5, 0.6) is 5.75 Å². The Morgan fingerprint density at radius 2 is 1.58 bits per heavy atom. The second kappa shape index (κ2) is 10.1. The lowest BCUT2D eigenvalue weighted by Gasteiger charge is -2.20. The van der Waals surface area contributed by atoms with Gasteiger partial charge in [-0.3, -0.25) is 14.8 Å². The van der Waals surface area contributed by atoms with E-state index < -0.39 is 47.4 Å². The number of esters is 1. The van der Waals surface area contributed by atoms with E-state index in [4.69, 9.17) is 0 Å². The third-order valence-electron chi connectivity index (χ3n) is 5.31. The average Bonchev–Trinajstić information content (AvgIpc) is 2.86. The number of rotatable bonds is 5.